The molecule has 0 aliphatic carbocycles. The summed E-state index contributed by atoms with van der Waals surface area (Å²) in [4.78, 5) is 11.3. The Kier molecular flexibility index (Phi) is 4.55. The van der Waals surface area contributed by atoms with Crippen molar-refractivity contribution in [3.63, 3.8) is 0 Å². The van der Waals surface area contributed by atoms with Crippen LogP contribution >= 0.6 is 34.8 Å². The lowest BCUT2D eigenvalue weighted by molar-refractivity contribution is -0.144. The van der Waals surface area contributed by atoms with Crippen molar-refractivity contribution in [2.75, 3.05) is 6.61 Å². The molecule has 1 unspecified atom stereocenters. The second kappa shape index (κ2) is 5.24. The van der Waals surface area contributed by atoms with Crippen molar-refractivity contribution in [2.24, 2.45) is 0 Å². The lowest BCUT2D eigenvalue weighted by atomic mass is 10.1. The van der Waals surface area contributed by atoms with Gasteiger partial charge in [0.05, 0.1) is 6.61 Å². The molecule has 1 heterocycles. The molecule has 2 nitrogen and oxygen atoms in total. The minimum absolute atomic E-state index is 0.195. The van der Waals surface area contributed by atoms with E-state index in [1.165, 1.54) is 0 Å². The van der Waals surface area contributed by atoms with Crippen LogP contribution in [-0.2, 0) is 9.53 Å². The van der Waals surface area contributed by atoms with Crippen molar-refractivity contribution in [3.05, 3.63) is 12.2 Å². The molecule has 0 spiro atoms. The Labute approximate surface area is 98.1 Å². The number of rotatable bonds is 0. The Morgan fingerprint density at radius 1 is 1.43 bits per heavy atom. The number of alkyl halides is 3. The number of halogens is 3. The molecule has 14 heavy (non-hydrogen) atoms. The van der Waals surface area contributed by atoms with Gasteiger partial charge in [0.1, 0.15) is 0 Å². The lowest BCUT2D eigenvalue weighted by Gasteiger charge is -2.20. The summed E-state index contributed by atoms with van der Waals surface area (Å²) in [5.41, 5.74) is 0. The zero-order chi connectivity index (χ0) is 10.6. The average molecular weight is 258 g/mol. The SMILES string of the molecule is O=C1OCC/C=C\CC(Cl)CC1(Cl)Cl. The normalized spacial score (nSPS) is 30.5. The van der Waals surface area contributed by atoms with E-state index in [0.717, 1.165) is 0 Å². The fourth-order valence-corrected chi connectivity index (χ4v) is 2.11. The summed E-state index contributed by atoms with van der Waals surface area (Å²) in [7, 11) is 0. The van der Waals surface area contributed by atoms with Gasteiger partial charge in [-0.25, -0.2) is 4.79 Å². The highest BCUT2D eigenvalue weighted by molar-refractivity contribution is 6.57. The monoisotopic (exact) mass is 256 g/mol. The van der Waals surface area contributed by atoms with Crippen LogP contribution in [0.2, 0.25) is 0 Å². The topological polar surface area (TPSA) is 26.3 Å². The van der Waals surface area contributed by atoms with Crippen LogP contribution < -0.4 is 0 Å². The summed E-state index contributed by atoms with van der Waals surface area (Å²) in [6.07, 6.45) is 5.40. The van der Waals surface area contributed by atoms with Gasteiger partial charge in [0.15, 0.2) is 0 Å². The van der Waals surface area contributed by atoms with Crippen molar-refractivity contribution in [2.45, 2.75) is 29.0 Å². The fraction of sp³-hybridized carbons (Fsp3) is 0.667. The molecule has 1 aliphatic heterocycles. The molecule has 0 aromatic rings. The number of esters is 1. The van der Waals surface area contributed by atoms with E-state index in [1.807, 2.05) is 12.2 Å². The van der Waals surface area contributed by atoms with Crippen molar-refractivity contribution in [1.29, 1.82) is 0 Å². The van der Waals surface area contributed by atoms with E-state index < -0.39 is 10.3 Å². The maximum atomic E-state index is 11.3. The van der Waals surface area contributed by atoms with Gasteiger partial charge >= 0.3 is 5.97 Å². The molecule has 0 aromatic carbocycles. The molecule has 0 aromatic heterocycles. The number of carbonyl (C=O) groups excluding carboxylic acids is 1. The van der Waals surface area contributed by atoms with Crippen molar-refractivity contribution >= 4 is 40.8 Å². The summed E-state index contributed by atoms with van der Waals surface area (Å²) in [6.45, 7) is 0.309. The molecule has 0 radical (unpaired) electrons. The van der Waals surface area contributed by atoms with Gasteiger partial charge in [-0.1, -0.05) is 35.4 Å². The number of hydrogen-bond donors (Lipinski definition) is 0. The number of allylic oxidation sites excluding steroid dienone is 1. The first-order valence-corrected chi connectivity index (χ1v) is 5.56. The lowest BCUT2D eigenvalue weighted by Crippen LogP contribution is -2.31. The van der Waals surface area contributed by atoms with E-state index in [1.54, 1.807) is 0 Å². The molecule has 0 fully saturated rings. The maximum absolute atomic E-state index is 11.3. The van der Waals surface area contributed by atoms with Gasteiger partial charge in [0.2, 0.25) is 4.33 Å². The van der Waals surface area contributed by atoms with Gasteiger partial charge in [-0.15, -0.1) is 11.6 Å². The fourth-order valence-electron chi connectivity index (χ4n) is 1.13. The largest absolute Gasteiger partial charge is 0.463 e. The number of carbonyl (C=O) groups is 1. The minimum Gasteiger partial charge on any atom is -0.463 e. The Morgan fingerprint density at radius 3 is 2.86 bits per heavy atom. The first-order valence-electron chi connectivity index (χ1n) is 4.36. The smallest absolute Gasteiger partial charge is 0.342 e. The summed E-state index contributed by atoms with van der Waals surface area (Å²) < 4.78 is 3.35. The average Bonchev–Trinajstić information content (AvgIpc) is 2.08. The summed E-state index contributed by atoms with van der Waals surface area (Å²) in [5.74, 6) is -0.609. The highest BCUT2D eigenvalue weighted by Gasteiger charge is 2.37. The molecule has 0 saturated heterocycles. The van der Waals surface area contributed by atoms with Crippen LogP contribution in [0.3, 0.4) is 0 Å². The van der Waals surface area contributed by atoms with Gasteiger partial charge in [0, 0.05) is 11.8 Å². The van der Waals surface area contributed by atoms with E-state index in [2.05, 4.69) is 0 Å². The van der Waals surface area contributed by atoms with E-state index >= 15 is 0 Å². The molecule has 0 N–H and O–H groups in total. The Hall–Kier alpha value is 0.0800. The van der Waals surface area contributed by atoms with E-state index in [4.69, 9.17) is 39.5 Å². The zero-order valence-electron chi connectivity index (χ0n) is 7.51. The summed E-state index contributed by atoms with van der Waals surface area (Å²) in [5, 5.41) is -0.244. The number of hydrogen-bond acceptors (Lipinski definition) is 2. The van der Waals surface area contributed by atoms with Crippen LogP contribution in [0.4, 0.5) is 0 Å². The molecule has 1 rings (SSSR count). The van der Waals surface area contributed by atoms with Crippen LogP contribution in [0.25, 0.3) is 0 Å². The summed E-state index contributed by atoms with van der Waals surface area (Å²) >= 11 is 17.5. The molecule has 0 bridgehead atoms. The molecular formula is C9H11Cl3O2. The van der Waals surface area contributed by atoms with Crippen LogP contribution in [-0.4, -0.2) is 22.3 Å². The van der Waals surface area contributed by atoms with Crippen molar-refractivity contribution < 1.29 is 9.53 Å². The maximum Gasteiger partial charge on any atom is 0.342 e. The highest BCUT2D eigenvalue weighted by atomic mass is 35.5. The third kappa shape index (κ3) is 3.68. The van der Waals surface area contributed by atoms with Crippen molar-refractivity contribution in [3.8, 4) is 0 Å². The number of cyclic esters (lactones) is 1. The Balaban J connectivity index is 2.68. The van der Waals surface area contributed by atoms with Crippen molar-refractivity contribution in [1.82, 2.24) is 0 Å². The van der Waals surface area contributed by atoms with E-state index in [0.29, 0.717) is 19.4 Å². The van der Waals surface area contributed by atoms with Crippen LogP contribution in [0, 0.1) is 0 Å². The van der Waals surface area contributed by atoms with Gasteiger partial charge in [0.25, 0.3) is 0 Å². The molecule has 5 heteroatoms. The van der Waals surface area contributed by atoms with E-state index in [-0.39, 0.29) is 11.8 Å². The third-order valence-electron chi connectivity index (χ3n) is 1.85. The molecular weight excluding hydrogens is 246 g/mol. The first kappa shape index (κ1) is 12.2. The molecule has 80 valence electrons. The molecule has 0 amide bonds. The summed E-state index contributed by atoms with van der Waals surface area (Å²) in [6, 6.07) is 0. The Bertz CT molecular complexity index is 238. The quantitative estimate of drug-likeness (QED) is 0.379. The Morgan fingerprint density at radius 2 is 2.14 bits per heavy atom. The van der Waals surface area contributed by atoms with Crippen LogP contribution in [0.5, 0.6) is 0 Å². The van der Waals surface area contributed by atoms with Gasteiger partial charge in [-0.2, -0.15) is 0 Å². The first-order chi connectivity index (χ1) is 6.52. The predicted molar refractivity (Wildman–Crippen MR) is 58.0 cm³/mol. The third-order valence-corrected chi connectivity index (χ3v) is 2.80. The van der Waals surface area contributed by atoms with Gasteiger partial charge in [-0.05, 0) is 12.8 Å². The molecule has 0 saturated carbocycles. The molecule has 1 aliphatic rings. The predicted octanol–water partition coefficient (Wildman–Crippen LogP) is 3.05. The standard InChI is InChI=1S/C9H11Cl3O2/c10-7-4-2-1-3-5-14-8(13)9(11,12)6-7/h1-2,7H,3-6H2/b2-1-. The number of ether oxygens (including phenoxy) is 1. The second-order valence-electron chi connectivity index (χ2n) is 3.14. The van der Waals surface area contributed by atoms with Gasteiger partial charge < -0.3 is 4.74 Å². The minimum atomic E-state index is -1.52. The van der Waals surface area contributed by atoms with Crippen LogP contribution in [0.1, 0.15) is 19.3 Å². The second-order valence-corrected chi connectivity index (χ2v) is 5.24. The van der Waals surface area contributed by atoms with Gasteiger partial charge in [-0.3, -0.25) is 0 Å². The molecule has 1 atom stereocenters. The highest BCUT2D eigenvalue weighted by Crippen LogP contribution is 2.32. The zero-order valence-corrected chi connectivity index (χ0v) is 9.78. The van der Waals surface area contributed by atoms with E-state index in [9.17, 15) is 4.79 Å². The van der Waals surface area contributed by atoms with Crippen LogP contribution in [0.15, 0.2) is 12.2 Å².